The van der Waals surface area contributed by atoms with E-state index in [0.717, 1.165) is 12.1 Å². The minimum Gasteiger partial charge on any atom is -0.289 e. The Morgan fingerprint density at radius 1 is 1.54 bits per heavy atom. The van der Waals surface area contributed by atoms with Gasteiger partial charge in [0.15, 0.2) is 5.78 Å². The van der Waals surface area contributed by atoms with Gasteiger partial charge >= 0.3 is 0 Å². The van der Waals surface area contributed by atoms with Crippen LogP contribution in [-0.2, 0) is 0 Å². The number of rotatable bonds is 3. The first-order valence-corrected chi connectivity index (χ1v) is 4.37. The zero-order valence-electron chi connectivity index (χ0n) is 7.95. The molecule has 0 atom stereocenters. The van der Waals surface area contributed by atoms with Gasteiger partial charge in [-0.2, -0.15) is 0 Å². The van der Waals surface area contributed by atoms with E-state index in [1.54, 1.807) is 18.3 Å². The number of ketones is 1. The van der Waals surface area contributed by atoms with Crippen LogP contribution < -0.4 is 0 Å². The third kappa shape index (κ3) is 2.82. The van der Waals surface area contributed by atoms with Crippen LogP contribution in [0.2, 0.25) is 0 Å². The van der Waals surface area contributed by atoms with Crippen molar-refractivity contribution in [2.75, 3.05) is 0 Å². The van der Waals surface area contributed by atoms with Gasteiger partial charge < -0.3 is 0 Å². The van der Waals surface area contributed by atoms with Gasteiger partial charge in [0, 0.05) is 17.5 Å². The largest absolute Gasteiger partial charge is 0.289 e. The number of hydrogen-bond donors (Lipinski definition) is 0. The molecule has 0 aromatic carbocycles. The normalized spacial score (nSPS) is 10.6. The molecule has 0 bridgehead atoms. The highest BCUT2D eigenvalue weighted by molar-refractivity contribution is 6.04. The van der Waals surface area contributed by atoms with Gasteiger partial charge in [-0.3, -0.25) is 9.78 Å². The monoisotopic (exact) mass is 175 g/mol. The number of aromatic nitrogens is 1. The first kappa shape index (κ1) is 9.65. The molecule has 0 unspecified atom stereocenters. The number of nitrogens with zero attached hydrogens (tertiary/aromatic N) is 1. The zero-order chi connectivity index (χ0) is 9.68. The number of carbonyl (C=O) groups is 1. The molecule has 0 fully saturated rings. The molecule has 0 aliphatic carbocycles. The SMILES string of the molecule is CC/C=C/C(=O)c1ccc(C)nc1. The maximum Gasteiger partial charge on any atom is 0.187 e. The molecular weight excluding hydrogens is 162 g/mol. The fraction of sp³-hybridized carbons (Fsp3) is 0.273. The van der Waals surface area contributed by atoms with Gasteiger partial charge in [0.05, 0.1) is 0 Å². The number of allylic oxidation sites excluding steroid dienone is 2. The molecule has 0 saturated carbocycles. The summed E-state index contributed by atoms with van der Waals surface area (Å²) in [5.74, 6) is 0.0225. The lowest BCUT2D eigenvalue weighted by Crippen LogP contribution is -1.95. The van der Waals surface area contributed by atoms with Crippen molar-refractivity contribution in [1.82, 2.24) is 4.98 Å². The minimum absolute atomic E-state index is 0.0225. The quantitative estimate of drug-likeness (QED) is 0.522. The van der Waals surface area contributed by atoms with Crippen molar-refractivity contribution in [2.45, 2.75) is 20.3 Å². The molecule has 1 rings (SSSR count). The highest BCUT2D eigenvalue weighted by Gasteiger charge is 1.99. The van der Waals surface area contributed by atoms with Crippen LogP contribution in [0.25, 0.3) is 0 Å². The molecular formula is C11H13NO. The molecule has 1 aromatic heterocycles. The topological polar surface area (TPSA) is 30.0 Å². The van der Waals surface area contributed by atoms with Crippen molar-refractivity contribution >= 4 is 5.78 Å². The van der Waals surface area contributed by atoms with E-state index >= 15 is 0 Å². The summed E-state index contributed by atoms with van der Waals surface area (Å²) in [5.41, 5.74) is 1.58. The van der Waals surface area contributed by atoms with E-state index in [1.807, 2.05) is 26.0 Å². The van der Waals surface area contributed by atoms with Crippen LogP contribution in [0, 0.1) is 6.92 Å². The summed E-state index contributed by atoms with van der Waals surface area (Å²) in [6.07, 6.45) is 5.93. The van der Waals surface area contributed by atoms with Crippen LogP contribution in [0.3, 0.4) is 0 Å². The zero-order valence-corrected chi connectivity index (χ0v) is 7.95. The van der Waals surface area contributed by atoms with Crippen LogP contribution in [0.1, 0.15) is 29.4 Å². The van der Waals surface area contributed by atoms with E-state index in [4.69, 9.17) is 0 Å². The first-order valence-electron chi connectivity index (χ1n) is 4.37. The maximum atomic E-state index is 11.4. The summed E-state index contributed by atoms with van der Waals surface area (Å²) in [7, 11) is 0. The average Bonchev–Trinajstić information content (AvgIpc) is 2.15. The summed E-state index contributed by atoms with van der Waals surface area (Å²) >= 11 is 0. The third-order valence-electron chi connectivity index (χ3n) is 1.70. The van der Waals surface area contributed by atoms with Gasteiger partial charge in [-0.15, -0.1) is 0 Å². The number of aryl methyl sites for hydroxylation is 1. The van der Waals surface area contributed by atoms with E-state index in [2.05, 4.69) is 4.98 Å². The molecule has 13 heavy (non-hydrogen) atoms. The molecule has 0 saturated heterocycles. The minimum atomic E-state index is 0.0225. The molecule has 2 heteroatoms. The van der Waals surface area contributed by atoms with E-state index in [-0.39, 0.29) is 5.78 Å². The predicted octanol–water partition coefficient (Wildman–Crippen LogP) is 2.54. The molecule has 0 amide bonds. The van der Waals surface area contributed by atoms with Crippen molar-refractivity contribution in [2.24, 2.45) is 0 Å². The summed E-state index contributed by atoms with van der Waals surface area (Å²) in [6.45, 7) is 3.90. The van der Waals surface area contributed by atoms with Crippen molar-refractivity contribution in [1.29, 1.82) is 0 Å². The molecule has 2 nitrogen and oxygen atoms in total. The Hall–Kier alpha value is -1.44. The Balaban J connectivity index is 2.78. The summed E-state index contributed by atoms with van der Waals surface area (Å²) in [6, 6.07) is 3.64. The Labute approximate surface area is 78.3 Å². The molecule has 1 aromatic rings. The molecule has 0 radical (unpaired) electrons. The summed E-state index contributed by atoms with van der Waals surface area (Å²) in [4.78, 5) is 15.4. The second-order valence-electron chi connectivity index (χ2n) is 2.86. The number of carbonyl (C=O) groups excluding carboxylic acids is 1. The molecule has 0 spiro atoms. The summed E-state index contributed by atoms with van der Waals surface area (Å²) < 4.78 is 0. The fourth-order valence-corrected chi connectivity index (χ4v) is 0.935. The average molecular weight is 175 g/mol. The van der Waals surface area contributed by atoms with Crippen LogP contribution in [0.5, 0.6) is 0 Å². The maximum absolute atomic E-state index is 11.4. The van der Waals surface area contributed by atoms with E-state index in [9.17, 15) is 4.79 Å². The van der Waals surface area contributed by atoms with E-state index in [1.165, 1.54) is 0 Å². The third-order valence-corrected chi connectivity index (χ3v) is 1.70. The smallest absolute Gasteiger partial charge is 0.187 e. The lowest BCUT2D eigenvalue weighted by atomic mass is 10.1. The summed E-state index contributed by atoms with van der Waals surface area (Å²) in [5, 5.41) is 0. The van der Waals surface area contributed by atoms with Crippen LogP contribution in [0.4, 0.5) is 0 Å². The Kier molecular flexibility index (Phi) is 3.38. The molecule has 1 heterocycles. The van der Waals surface area contributed by atoms with Gasteiger partial charge in [0.2, 0.25) is 0 Å². The second-order valence-corrected chi connectivity index (χ2v) is 2.86. The van der Waals surface area contributed by atoms with Gasteiger partial charge in [-0.05, 0) is 31.6 Å². The van der Waals surface area contributed by atoms with E-state index < -0.39 is 0 Å². The lowest BCUT2D eigenvalue weighted by Gasteiger charge is -1.95. The van der Waals surface area contributed by atoms with Crippen molar-refractivity contribution in [3.05, 3.63) is 41.7 Å². The highest BCUT2D eigenvalue weighted by Crippen LogP contribution is 2.01. The molecule has 0 aliphatic heterocycles. The van der Waals surface area contributed by atoms with Gasteiger partial charge in [0.25, 0.3) is 0 Å². The highest BCUT2D eigenvalue weighted by atomic mass is 16.1. The van der Waals surface area contributed by atoms with E-state index in [0.29, 0.717) is 5.56 Å². The van der Waals surface area contributed by atoms with Crippen molar-refractivity contribution in [3.63, 3.8) is 0 Å². The van der Waals surface area contributed by atoms with Crippen molar-refractivity contribution < 1.29 is 4.79 Å². The second kappa shape index (κ2) is 4.55. The molecule has 68 valence electrons. The molecule has 0 aliphatic rings. The Morgan fingerprint density at radius 2 is 2.31 bits per heavy atom. The van der Waals surface area contributed by atoms with Gasteiger partial charge in [0.1, 0.15) is 0 Å². The van der Waals surface area contributed by atoms with Crippen LogP contribution in [-0.4, -0.2) is 10.8 Å². The standard InChI is InChI=1S/C11H13NO/c1-3-4-5-11(13)10-7-6-9(2)12-8-10/h4-8H,3H2,1-2H3/b5-4+. The number of hydrogen-bond acceptors (Lipinski definition) is 2. The van der Waals surface area contributed by atoms with Gasteiger partial charge in [-0.1, -0.05) is 13.0 Å². The predicted molar refractivity (Wildman–Crippen MR) is 52.7 cm³/mol. The Bertz CT molecular complexity index is 311. The number of pyridine rings is 1. The fourth-order valence-electron chi connectivity index (χ4n) is 0.935. The van der Waals surface area contributed by atoms with Crippen molar-refractivity contribution in [3.8, 4) is 0 Å². The van der Waals surface area contributed by atoms with Gasteiger partial charge in [-0.25, -0.2) is 0 Å². The Morgan fingerprint density at radius 3 is 2.85 bits per heavy atom. The van der Waals surface area contributed by atoms with Crippen LogP contribution >= 0.6 is 0 Å². The van der Waals surface area contributed by atoms with Crippen LogP contribution in [0.15, 0.2) is 30.5 Å². The molecule has 0 N–H and O–H groups in total. The first-order chi connectivity index (χ1) is 6.24. The lowest BCUT2D eigenvalue weighted by molar-refractivity contribution is 0.104.